The normalized spacial score (nSPS) is 18.7. The van der Waals surface area contributed by atoms with E-state index in [1.165, 1.54) is 5.56 Å². The second-order valence-electron chi connectivity index (χ2n) is 8.69. The zero-order valence-electron chi connectivity index (χ0n) is 18.3. The van der Waals surface area contributed by atoms with E-state index in [2.05, 4.69) is 22.4 Å². The Morgan fingerprint density at radius 3 is 2.90 bits per heavy atom. The van der Waals surface area contributed by atoms with Crippen molar-refractivity contribution in [2.24, 2.45) is 0 Å². The first-order valence-electron chi connectivity index (χ1n) is 11.4. The fraction of sp³-hybridized carbons (Fsp3) is 0.520. The average molecular weight is 442 g/mol. The van der Waals surface area contributed by atoms with Crippen LogP contribution in [0.2, 0.25) is 5.02 Å². The summed E-state index contributed by atoms with van der Waals surface area (Å²) in [5.41, 5.74) is 4.12. The molecule has 0 spiro atoms. The van der Waals surface area contributed by atoms with E-state index in [9.17, 15) is 4.79 Å². The summed E-state index contributed by atoms with van der Waals surface area (Å²) in [6.07, 6.45) is 9.82. The molecule has 5 nitrogen and oxygen atoms in total. The SMILES string of the molecule is COCCCc1ccc(Cl)c(CN(C(=O)c2cnccc2C2CCCNC2)C2CC2)c1. The van der Waals surface area contributed by atoms with Crippen LogP contribution in [-0.2, 0) is 17.7 Å². The number of rotatable bonds is 9. The Morgan fingerprint density at radius 2 is 2.16 bits per heavy atom. The fourth-order valence-electron chi connectivity index (χ4n) is 4.47. The molecule has 1 aliphatic heterocycles. The minimum Gasteiger partial charge on any atom is -0.385 e. The zero-order valence-corrected chi connectivity index (χ0v) is 19.0. The number of hydrogen-bond donors (Lipinski definition) is 1. The van der Waals surface area contributed by atoms with Gasteiger partial charge in [0.05, 0.1) is 5.56 Å². The smallest absolute Gasteiger partial charge is 0.256 e. The molecule has 0 bridgehead atoms. The third-order valence-electron chi connectivity index (χ3n) is 6.34. The number of amides is 1. The summed E-state index contributed by atoms with van der Waals surface area (Å²) in [6.45, 7) is 3.25. The molecule has 6 heteroatoms. The Labute approximate surface area is 190 Å². The van der Waals surface area contributed by atoms with Crippen molar-refractivity contribution in [3.8, 4) is 0 Å². The van der Waals surface area contributed by atoms with Crippen LogP contribution in [0.25, 0.3) is 0 Å². The van der Waals surface area contributed by atoms with Gasteiger partial charge < -0.3 is 15.0 Å². The third-order valence-corrected chi connectivity index (χ3v) is 6.70. The molecule has 1 aliphatic carbocycles. The van der Waals surface area contributed by atoms with Crippen molar-refractivity contribution in [2.45, 2.75) is 57.0 Å². The summed E-state index contributed by atoms with van der Waals surface area (Å²) >= 11 is 6.55. The van der Waals surface area contributed by atoms with Crippen LogP contribution in [0.4, 0.5) is 0 Å². The van der Waals surface area contributed by atoms with Crippen LogP contribution in [-0.4, -0.2) is 48.6 Å². The molecule has 1 aromatic heterocycles. The number of aryl methyl sites for hydroxylation is 1. The van der Waals surface area contributed by atoms with E-state index in [0.717, 1.165) is 79.9 Å². The Kier molecular flexibility index (Phi) is 7.59. The maximum Gasteiger partial charge on any atom is 0.256 e. The van der Waals surface area contributed by atoms with E-state index < -0.39 is 0 Å². The van der Waals surface area contributed by atoms with Gasteiger partial charge in [-0.1, -0.05) is 23.7 Å². The second-order valence-corrected chi connectivity index (χ2v) is 9.10. The molecule has 1 unspecified atom stereocenters. The van der Waals surface area contributed by atoms with Crippen molar-refractivity contribution in [1.82, 2.24) is 15.2 Å². The highest BCUT2D eigenvalue weighted by molar-refractivity contribution is 6.31. The van der Waals surface area contributed by atoms with E-state index >= 15 is 0 Å². The summed E-state index contributed by atoms with van der Waals surface area (Å²) < 4.78 is 5.17. The molecular formula is C25H32ClN3O2. The van der Waals surface area contributed by atoms with E-state index in [1.54, 1.807) is 13.3 Å². The third kappa shape index (κ3) is 5.65. The molecule has 1 aromatic carbocycles. The molecule has 0 radical (unpaired) electrons. The number of methoxy groups -OCH3 is 1. The molecule has 2 heterocycles. The number of piperidine rings is 1. The van der Waals surface area contributed by atoms with Crippen molar-refractivity contribution < 1.29 is 9.53 Å². The van der Waals surface area contributed by atoms with Gasteiger partial charge in [-0.15, -0.1) is 0 Å². The summed E-state index contributed by atoms with van der Waals surface area (Å²) in [4.78, 5) is 20.0. The monoisotopic (exact) mass is 441 g/mol. The predicted octanol–water partition coefficient (Wildman–Crippen LogP) is 4.59. The molecular weight excluding hydrogens is 410 g/mol. The summed E-state index contributed by atoms with van der Waals surface area (Å²) in [7, 11) is 1.72. The Morgan fingerprint density at radius 1 is 1.29 bits per heavy atom. The number of halogens is 1. The lowest BCUT2D eigenvalue weighted by Crippen LogP contribution is -2.35. The minimum absolute atomic E-state index is 0.0806. The Hall–Kier alpha value is -1.95. The minimum atomic E-state index is 0.0806. The van der Waals surface area contributed by atoms with Gasteiger partial charge in [0.1, 0.15) is 0 Å². The molecule has 2 aromatic rings. The molecule has 1 saturated heterocycles. The fourth-order valence-corrected chi connectivity index (χ4v) is 4.65. The largest absolute Gasteiger partial charge is 0.385 e. The summed E-state index contributed by atoms with van der Waals surface area (Å²) in [5.74, 6) is 0.446. The van der Waals surface area contributed by atoms with Gasteiger partial charge in [-0.05, 0) is 79.8 Å². The van der Waals surface area contributed by atoms with Crippen molar-refractivity contribution >= 4 is 17.5 Å². The van der Waals surface area contributed by atoms with Crippen LogP contribution >= 0.6 is 11.6 Å². The van der Waals surface area contributed by atoms with E-state index in [-0.39, 0.29) is 5.91 Å². The number of carbonyl (C=O) groups is 1. The molecule has 166 valence electrons. The van der Waals surface area contributed by atoms with E-state index in [0.29, 0.717) is 18.5 Å². The quantitative estimate of drug-likeness (QED) is 0.578. The van der Waals surface area contributed by atoms with Crippen molar-refractivity contribution in [2.75, 3.05) is 26.8 Å². The van der Waals surface area contributed by atoms with Crippen molar-refractivity contribution in [1.29, 1.82) is 0 Å². The lowest BCUT2D eigenvalue weighted by molar-refractivity contribution is 0.0727. The van der Waals surface area contributed by atoms with E-state index in [4.69, 9.17) is 16.3 Å². The predicted molar refractivity (Wildman–Crippen MR) is 124 cm³/mol. The first-order chi connectivity index (χ1) is 15.2. The van der Waals surface area contributed by atoms with Gasteiger partial charge in [0, 0.05) is 50.3 Å². The van der Waals surface area contributed by atoms with Crippen molar-refractivity contribution in [3.05, 3.63) is 63.9 Å². The number of ether oxygens (including phenoxy) is 1. The first kappa shape index (κ1) is 22.3. The zero-order chi connectivity index (χ0) is 21.6. The van der Waals surface area contributed by atoms with Gasteiger partial charge in [0.2, 0.25) is 0 Å². The highest BCUT2D eigenvalue weighted by Gasteiger charge is 2.35. The number of nitrogens with one attached hydrogen (secondary N) is 1. The van der Waals surface area contributed by atoms with Crippen LogP contribution in [0.5, 0.6) is 0 Å². The van der Waals surface area contributed by atoms with Gasteiger partial charge in [0.15, 0.2) is 0 Å². The topological polar surface area (TPSA) is 54.5 Å². The van der Waals surface area contributed by atoms with Crippen LogP contribution in [0.15, 0.2) is 36.7 Å². The van der Waals surface area contributed by atoms with Crippen LogP contribution < -0.4 is 5.32 Å². The van der Waals surface area contributed by atoms with Crippen molar-refractivity contribution in [3.63, 3.8) is 0 Å². The van der Waals surface area contributed by atoms with Gasteiger partial charge in [-0.2, -0.15) is 0 Å². The maximum atomic E-state index is 13.7. The van der Waals surface area contributed by atoms with Gasteiger partial charge >= 0.3 is 0 Å². The number of benzene rings is 1. The Balaban J connectivity index is 1.55. The maximum absolute atomic E-state index is 13.7. The first-order valence-corrected chi connectivity index (χ1v) is 11.8. The van der Waals surface area contributed by atoms with Gasteiger partial charge in [-0.25, -0.2) is 0 Å². The van der Waals surface area contributed by atoms with Crippen LogP contribution in [0.1, 0.15) is 65.1 Å². The number of pyridine rings is 1. The highest BCUT2D eigenvalue weighted by Crippen LogP contribution is 2.34. The number of carbonyl (C=O) groups excluding carboxylic acids is 1. The second kappa shape index (κ2) is 10.6. The molecule has 4 rings (SSSR count). The van der Waals surface area contributed by atoms with Gasteiger partial charge in [0.25, 0.3) is 5.91 Å². The molecule has 1 N–H and O–H groups in total. The highest BCUT2D eigenvalue weighted by atomic mass is 35.5. The standard InChI is InChI=1S/C25H32ClN3O2/c1-31-13-3-4-18-6-9-24(26)20(14-18)17-29(21-7-8-21)25(30)23-16-28-12-10-22(23)19-5-2-11-27-15-19/h6,9-10,12,14,16,19,21,27H,2-5,7-8,11,13,15,17H2,1H3. The molecule has 31 heavy (non-hydrogen) atoms. The number of aromatic nitrogens is 1. The Bertz CT molecular complexity index is 894. The van der Waals surface area contributed by atoms with Gasteiger partial charge in [-0.3, -0.25) is 9.78 Å². The summed E-state index contributed by atoms with van der Waals surface area (Å²) in [5, 5.41) is 4.19. The lowest BCUT2D eigenvalue weighted by Gasteiger charge is -2.28. The molecule has 1 atom stereocenters. The summed E-state index contributed by atoms with van der Waals surface area (Å²) in [6, 6.07) is 8.49. The van der Waals surface area contributed by atoms with Crippen LogP contribution in [0, 0.1) is 0 Å². The molecule has 2 aliphatic rings. The number of hydrogen-bond acceptors (Lipinski definition) is 4. The average Bonchev–Trinajstić information content (AvgIpc) is 3.65. The van der Waals surface area contributed by atoms with E-state index in [1.807, 2.05) is 23.2 Å². The number of nitrogens with zero attached hydrogens (tertiary/aromatic N) is 2. The molecule has 2 fully saturated rings. The lowest BCUT2D eigenvalue weighted by atomic mass is 9.89. The van der Waals surface area contributed by atoms with Crippen LogP contribution in [0.3, 0.4) is 0 Å². The molecule has 1 saturated carbocycles. The molecule has 1 amide bonds.